The van der Waals surface area contributed by atoms with Gasteiger partial charge in [-0.3, -0.25) is 0 Å². The van der Waals surface area contributed by atoms with E-state index in [2.05, 4.69) is 15.3 Å². The number of halogens is 3. The minimum atomic E-state index is -4.61. The molecule has 2 rings (SSSR count). The van der Waals surface area contributed by atoms with Crippen molar-refractivity contribution in [3.8, 4) is 0 Å². The van der Waals surface area contributed by atoms with E-state index >= 15 is 0 Å². The van der Waals surface area contributed by atoms with Crippen LogP contribution in [-0.2, 0) is 12.8 Å². The van der Waals surface area contributed by atoms with E-state index in [1.165, 1.54) is 6.33 Å². The molecule has 1 aromatic rings. The summed E-state index contributed by atoms with van der Waals surface area (Å²) in [4.78, 5) is 7.96. The molecular weight excluding hydrogens is 235 g/mol. The molecule has 1 aliphatic carbocycles. The average molecular weight is 247 g/mol. The molecule has 0 aliphatic heterocycles. The van der Waals surface area contributed by atoms with Crippen molar-refractivity contribution >= 4 is 5.82 Å². The molecular formula is C10H12F3N3O. The summed E-state index contributed by atoms with van der Waals surface area (Å²) in [5.74, 6) is 0.399. The summed E-state index contributed by atoms with van der Waals surface area (Å²) >= 11 is 0. The van der Waals surface area contributed by atoms with Crippen LogP contribution in [0.1, 0.15) is 17.7 Å². The van der Waals surface area contributed by atoms with Crippen molar-refractivity contribution in [3.63, 3.8) is 0 Å². The predicted octanol–water partition coefficient (Wildman–Crippen LogP) is 1.30. The van der Waals surface area contributed by atoms with Gasteiger partial charge < -0.3 is 10.4 Å². The Morgan fingerprint density at radius 1 is 1.35 bits per heavy atom. The Balaban J connectivity index is 2.03. The molecule has 17 heavy (non-hydrogen) atoms. The van der Waals surface area contributed by atoms with Gasteiger partial charge in [0, 0.05) is 11.3 Å². The standard InChI is InChI=1S/C10H12F3N3O/c11-10(12,13)8(17)4-14-9-6-2-1-3-7(6)15-5-16-9/h5,8,17H,1-4H2,(H,14,15,16). The molecule has 1 heterocycles. The number of hydrogen-bond donors (Lipinski definition) is 2. The van der Waals surface area contributed by atoms with Crippen molar-refractivity contribution in [2.45, 2.75) is 31.5 Å². The molecule has 0 aromatic carbocycles. The molecule has 0 saturated heterocycles. The van der Waals surface area contributed by atoms with Crippen LogP contribution in [-0.4, -0.2) is 33.9 Å². The van der Waals surface area contributed by atoms with Gasteiger partial charge in [-0.1, -0.05) is 0 Å². The Morgan fingerprint density at radius 3 is 2.82 bits per heavy atom. The van der Waals surface area contributed by atoms with Gasteiger partial charge in [-0.25, -0.2) is 9.97 Å². The quantitative estimate of drug-likeness (QED) is 0.845. The van der Waals surface area contributed by atoms with Crippen LogP contribution >= 0.6 is 0 Å². The molecule has 1 aromatic heterocycles. The van der Waals surface area contributed by atoms with Crippen LogP contribution in [0.2, 0.25) is 0 Å². The van der Waals surface area contributed by atoms with Crippen LogP contribution < -0.4 is 5.32 Å². The van der Waals surface area contributed by atoms with E-state index in [1.807, 2.05) is 0 Å². The van der Waals surface area contributed by atoms with Crippen molar-refractivity contribution in [1.29, 1.82) is 0 Å². The molecule has 1 atom stereocenters. The van der Waals surface area contributed by atoms with Crippen molar-refractivity contribution < 1.29 is 18.3 Å². The second-order valence-electron chi connectivity index (χ2n) is 3.94. The van der Waals surface area contributed by atoms with Gasteiger partial charge in [0.05, 0.1) is 6.54 Å². The summed E-state index contributed by atoms with van der Waals surface area (Å²) < 4.78 is 36.3. The van der Waals surface area contributed by atoms with Crippen molar-refractivity contribution in [2.75, 3.05) is 11.9 Å². The smallest absolute Gasteiger partial charge is 0.382 e. The Kier molecular flexibility index (Phi) is 3.19. The maximum atomic E-state index is 12.1. The lowest BCUT2D eigenvalue weighted by atomic mass is 10.2. The Hall–Kier alpha value is -1.37. The van der Waals surface area contributed by atoms with Crippen LogP contribution in [0, 0.1) is 0 Å². The molecule has 1 unspecified atom stereocenters. The van der Waals surface area contributed by atoms with E-state index in [4.69, 9.17) is 5.11 Å². The number of nitrogens with one attached hydrogen (secondary N) is 1. The van der Waals surface area contributed by atoms with Crippen molar-refractivity contribution in [2.24, 2.45) is 0 Å². The number of anilines is 1. The fraction of sp³-hybridized carbons (Fsp3) is 0.600. The molecule has 0 bridgehead atoms. The molecule has 0 radical (unpaired) electrons. The first-order chi connectivity index (χ1) is 7.98. The third-order valence-electron chi connectivity index (χ3n) is 2.72. The maximum Gasteiger partial charge on any atom is 0.416 e. The highest BCUT2D eigenvalue weighted by atomic mass is 19.4. The number of aryl methyl sites for hydroxylation is 1. The minimum absolute atomic E-state index is 0.399. The summed E-state index contributed by atoms with van der Waals surface area (Å²) in [6, 6.07) is 0. The average Bonchev–Trinajstić information content (AvgIpc) is 2.72. The molecule has 0 fully saturated rings. The molecule has 2 N–H and O–H groups in total. The van der Waals surface area contributed by atoms with Crippen LogP contribution in [0.25, 0.3) is 0 Å². The highest BCUT2D eigenvalue weighted by Gasteiger charge is 2.38. The fourth-order valence-electron chi connectivity index (χ4n) is 1.82. The zero-order valence-electron chi connectivity index (χ0n) is 8.96. The monoisotopic (exact) mass is 247 g/mol. The van der Waals surface area contributed by atoms with Gasteiger partial charge in [0.25, 0.3) is 0 Å². The van der Waals surface area contributed by atoms with Gasteiger partial charge in [0.2, 0.25) is 0 Å². The summed E-state index contributed by atoms with van der Waals surface area (Å²) in [5, 5.41) is 11.4. The summed E-state index contributed by atoms with van der Waals surface area (Å²) in [7, 11) is 0. The molecule has 0 saturated carbocycles. The highest BCUT2D eigenvalue weighted by Crippen LogP contribution is 2.26. The lowest BCUT2D eigenvalue weighted by Crippen LogP contribution is -2.35. The molecule has 1 aliphatic rings. The van der Waals surface area contributed by atoms with Crippen molar-refractivity contribution in [1.82, 2.24) is 9.97 Å². The van der Waals surface area contributed by atoms with E-state index in [1.54, 1.807) is 0 Å². The first kappa shape index (κ1) is 12.1. The molecule has 94 valence electrons. The topological polar surface area (TPSA) is 58.0 Å². The van der Waals surface area contributed by atoms with Gasteiger partial charge in [0.15, 0.2) is 6.10 Å². The van der Waals surface area contributed by atoms with Crippen LogP contribution in [0.4, 0.5) is 19.0 Å². The summed E-state index contributed by atoms with van der Waals surface area (Å²) in [6.45, 7) is -0.590. The van der Waals surface area contributed by atoms with E-state index in [-0.39, 0.29) is 0 Å². The van der Waals surface area contributed by atoms with Crippen molar-refractivity contribution in [3.05, 3.63) is 17.6 Å². The molecule has 0 spiro atoms. The number of fused-ring (bicyclic) bond motifs is 1. The molecule has 0 amide bonds. The second-order valence-corrected chi connectivity index (χ2v) is 3.94. The third kappa shape index (κ3) is 2.66. The molecule has 7 heteroatoms. The normalized spacial score (nSPS) is 16.7. The van der Waals surface area contributed by atoms with E-state index in [9.17, 15) is 13.2 Å². The summed E-state index contributed by atoms with van der Waals surface area (Å²) in [6.07, 6.45) is -3.13. The Labute approximate surface area is 95.9 Å². The number of rotatable bonds is 3. The number of aromatic nitrogens is 2. The van der Waals surface area contributed by atoms with E-state index in [0.717, 1.165) is 30.5 Å². The SMILES string of the molecule is OC(CNc1ncnc2c1CCC2)C(F)(F)F. The van der Waals surface area contributed by atoms with Crippen LogP contribution in [0.15, 0.2) is 6.33 Å². The number of nitrogens with zero attached hydrogens (tertiary/aromatic N) is 2. The van der Waals surface area contributed by atoms with Gasteiger partial charge in [-0.15, -0.1) is 0 Å². The van der Waals surface area contributed by atoms with Crippen LogP contribution in [0.3, 0.4) is 0 Å². The predicted molar refractivity (Wildman–Crippen MR) is 54.6 cm³/mol. The highest BCUT2D eigenvalue weighted by molar-refractivity contribution is 5.47. The first-order valence-corrected chi connectivity index (χ1v) is 5.30. The van der Waals surface area contributed by atoms with Gasteiger partial charge in [-0.2, -0.15) is 13.2 Å². The maximum absolute atomic E-state index is 12.1. The van der Waals surface area contributed by atoms with Gasteiger partial charge >= 0.3 is 6.18 Å². The van der Waals surface area contributed by atoms with E-state index in [0.29, 0.717) is 5.82 Å². The number of alkyl halides is 3. The largest absolute Gasteiger partial charge is 0.416 e. The third-order valence-corrected chi connectivity index (χ3v) is 2.72. The lowest BCUT2D eigenvalue weighted by Gasteiger charge is -2.16. The minimum Gasteiger partial charge on any atom is -0.382 e. The number of aliphatic hydroxyl groups excluding tert-OH is 1. The fourth-order valence-corrected chi connectivity index (χ4v) is 1.82. The van der Waals surface area contributed by atoms with E-state index < -0.39 is 18.8 Å². The Bertz CT molecular complexity index is 408. The van der Waals surface area contributed by atoms with Gasteiger partial charge in [0.1, 0.15) is 12.1 Å². The second kappa shape index (κ2) is 4.48. The van der Waals surface area contributed by atoms with Crippen LogP contribution in [0.5, 0.6) is 0 Å². The zero-order valence-corrected chi connectivity index (χ0v) is 8.96. The molecule has 4 nitrogen and oxygen atoms in total. The Morgan fingerprint density at radius 2 is 2.12 bits per heavy atom. The van der Waals surface area contributed by atoms with Gasteiger partial charge in [-0.05, 0) is 19.3 Å². The number of aliphatic hydroxyl groups is 1. The first-order valence-electron chi connectivity index (χ1n) is 5.30. The lowest BCUT2D eigenvalue weighted by molar-refractivity contribution is -0.198. The zero-order chi connectivity index (χ0) is 12.5. The number of hydrogen-bond acceptors (Lipinski definition) is 4. The summed E-state index contributed by atoms with van der Waals surface area (Å²) in [5.41, 5.74) is 1.74.